The second-order valence-corrected chi connectivity index (χ2v) is 10.5. The van der Waals surface area contributed by atoms with E-state index >= 15 is 0 Å². The number of anilines is 1. The van der Waals surface area contributed by atoms with E-state index in [2.05, 4.69) is 12.4 Å². The Hall–Kier alpha value is -2.65. The number of benzene rings is 2. The molecule has 1 unspecified atom stereocenters. The summed E-state index contributed by atoms with van der Waals surface area (Å²) in [6.45, 7) is 1.90. The number of thioether (sulfide) groups is 1. The van der Waals surface area contributed by atoms with E-state index in [1.165, 1.54) is 21.5 Å². The standard InChI is InChI=1S/C24H21ClN4O2S2/c1-28-12-11-18-19(13-28)33-22-21(18)23(31)29(17-9-7-15(25)8-10-17)24(27-22)32-14-20(30)26-16-5-3-2-4-6-16/h2-10H,11-14H2,1H3,(H,26,30)/p+1. The number of likely N-dealkylation sites (N-methyl/N-ethyl adjacent to an activating group) is 1. The molecule has 5 rings (SSSR count). The van der Waals surface area contributed by atoms with Crippen LogP contribution in [-0.4, -0.2) is 34.8 Å². The van der Waals surface area contributed by atoms with Crippen molar-refractivity contribution in [1.29, 1.82) is 0 Å². The van der Waals surface area contributed by atoms with Gasteiger partial charge in [-0.05, 0) is 42.0 Å². The molecule has 0 saturated heterocycles. The molecule has 1 aliphatic rings. The highest BCUT2D eigenvalue weighted by molar-refractivity contribution is 7.99. The molecule has 0 radical (unpaired) electrons. The summed E-state index contributed by atoms with van der Waals surface area (Å²) in [5, 5.41) is 4.68. The molecule has 0 fully saturated rings. The van der Waals surface area contributed by atoms with E-state index in [0.29, 0.717) is 21.3 Å². The fourth-order valence-electron chi connectivity index (χ4n) is 4.00. The van der Waals surface area contributed by atoms with Gasteiger partial charge in [0.15, 0.2) is 5.16 Å². The van der Waals surface area contributed by atoms with Crippen LogP contribution in [-0.2, 0) is 17.8 Å². The molecule has 0 aliphatic carbocycles. The summed E-state index contributed by atoms with van der Waals surface area (Å²) in [5.74, 6) is -0.0165. The maximum atomic E-state index is 13.8. The number of carbonyl (C=O) groups is 1. The maximum Gasteiger partial charge on any atom is 0.267 e. The van der Waals surface area contributed by atoms with Gasteiger partial charge in [0.2, 0.25) is 5.91 Å². The Morgan fingerprint density at radius 1 is 1.21 bits per heavy atom. The van der Waals surface area contributed by atoms with E-state index in [0.717, 1.165) is 35.6 Å². The number of aromatic nitrogens is 2. The molecule has 33 heavy (non-hydrogen) atoms. The number of hydrogen-bond donors (Lipinski definition) is 2. The average molecular weight is 498 g/mol. The Kier molecular flexibility index (Phi) is 6.25. The molecule has 1 atom stereocenters. The minimum atomic E-state index is -0.154. The zero-order chi connectivity index (χ0) is 22.9. The van der Waals surface area contributed by atoms with Gasteiger partial charge in [0.1, 0.15) is 11.4 Å². The lowest BCUT2D eigenvalue weighted by Gasteiger charge is -2.19. The molecule has 2 N–H and O–H groups in total. The zero-order valence-corrected chi connectivity index (χ0v) is 20.3. The predicted molar refractivity (Wildman–Crippen MR) is 135 cm³/mol. The van der Waals surface area contributed by atoms with Crippen molar-refractivity contribution in [1.82, 2.24) is 9.55 Å². The number of carbonyl (C=O) groups excluding carboxylic acids is 1. The van der Waals surface area contributed by atoms with Crippen LogP contribution >= 0.6 is 34.7 Å². The van der Waals surface area contributed by atoms with E-state index in [4.69, 9.17) is 16.6 Å². The number of nitrogens with one attached hydrogen (secondary N) is 2. The number of halogens is 1. The van der Waals surface area contributed by atoms with E-state index in [-0.39, 0.29) is 17.2 Å². The first-order valence-electron chi connectivity index (χ1n) is 10.6. The molecule has 3 heterocycles. The van der Waals surface area contributed by atoms with Crippen LogP contribution in [0.25, 0.3) is 15.9 Å². The Balaban J connectivity index is 1.54. The van der Waals surface area contributed by atoms with Crippen molar-refractivity contribution >= 4 is 56.5 Å². The third-order valence-corrected chi connectivity index (χ3v) is 7.93. The number of thiophene rings is 1. The van der Waals surface area contributed by atoms with Gasteiger partial charge in [-0.1, -0.05) is 41.6 Å². The Morgan fingerprint density at radius 3 is 2.73 bits per heavy atom. The highest BCUT2D eigenvalue weighted by Crippen LogP contribution is 2.32. The average Bonchev–Trinajstić information content (AvgIpc) is 3.17. The second-order valence-electron chi connectivity index (χ2n) is 8.03. The molecule has 0 saturated carbocycles. The Bertz CT molecular complexity index is 1380. The van der Waals surface area contributed by atoms with Gasteiger partial charge in [0.25, 0.3) is 5.56 Å². The van der Waals surface area contributed by atoms with Crippen molar-refractivity contribution in [2.75, 3.05) is 24.7 Å². The van der Waals surface area contributed by atoms with Crippen LogP contribution in [0.5, 0.6) is 0 Å². The Morgan fingerprint density at radius 2 is 1.97 bits per heavy atom. The van der Waals surface area contributed by atoms with Gasteiger partial charge < -0.3 is 10.2 Å². The number of rotatable bonds is 5. The molecule has 9 heteroatoms. The van der Waals surface area contributed by atoms with E-state index in [1.807, 2.05) is 42.5 Å². The highest BCUT2D eigenvalue weighted by Gasteiger charge is 2.26. The zero-order valence-electron chi connectivity index (χ0n) is 17.9. The molecule has 4 aromatic rings. The van der Waals surface area contributed by atoms with Crippen LogP contribution in [0.15, 0.2) is 64.5 Å². The van der Waals surface area contributed by atoms with Crippen LogP contribution in [0.4, 0.5) is 5.69 Å². The molecule has 0 spiro atoms. The van der Waals surface area contributed by atoms with Gasteiger partial charge in [-0.2, -0.15) is 0 Å². The lowest BCUT2D eigenvalue weighted by atomic mass is 10.1. The smallest absolute Gasteiger partial charge is 0.267 e. The summed E-state index contributed by atoms with van der Waals surface area (Å²) in [6.07, 6.45) is 0.866. The topological polar surface area (TPSA) is 68.4 Å². The number of para-hydroxylation sites is 1. The number of amides is 1. The monoisotopic (exact) mass is 497 g/mol. The summed E-state index contributed by atoms with van der Waals surface area (Å²) in [6, 6.07) is 16.4. The first-order valence-corrected chi connectivity index (χ1v) is 12.8. The van der Waals surface area contributed by atoms with Crippen LogP contribution in [0, 0.1) is 0 Å². The molecule has 1 amide bonds. The van der Waals surface area contributed by atoms with Crippen molar-refractivity contribution in [3.05, 3.63) is 80.4 Å². The minimum Gasteiger partial charge on any atom is -0.333 e. The fraction of sp³-hybridized carbons (Fsp3) is 0.208. The number of fused-ring (bicyclic) bond motifs is 3. The van der Waals surface area contributed by atoms with Gasteiger partial charge in [-0.25, -0.2) is 4.98 Å². The first-order chi connectivity index (χ1) is 16.0. The van der Waals surface area contributed by atoms with E-state index in [1.54, 1.807) is 28.0 Å². The molecule has 6 nitrogen and oxygen atoms in total. The Labute approximate surface area is 204 Å². The lowest BCUT2D eigenvalue weighted by molar-refractivity contribution is -0.895. The maximum absolute atomic E-state index is 13.8. The summed E-state index contributed by atoms with van der Waals surface area (Å²) < 4.78 is 1.61. The normalized spacial score (nSPS) is 15.4. The first kappa shape index (κ1) is 22.2. The summed E-state index contributed by atoms with van der Waals surface area (Å²) in [7, 11) is 2.17. The molecule has 2 aromatic heterocycles. The van der Waals surface area contributed by atoms with E-state index < -0.39 is 0 Å². The van der Waals surface area contributed by atoms with Crippen LogP contribution < -0.4 is 15.8 Å². The summed E-state index contributed by atoms with van der Waals surface area (Å²) in [5.41, 5.74) is 2.45. The number of hydrogen-bond acceptors (Lipinski definition) is 5. The highest BCUT2D eigenvalue weighted by atomic mass is 35.5. The van der Waals surface area contributed by atoms with Crippen molar-refractivity contribution in [3.63, 3.8) is 0 Å². The minimum absolute atomic E-state index is 0.0923. The summed E-state index contributed by atoms with van der Waals surface area (Å²) >= 11 is 8.93. The molecular weight excluding hydrogens is 476 g/mol. The SMILES string of the molecule is C[NH+]1CCc2c(sc3nc(SCC(=O)Nc4ccccc4)n(-c4ccc(Cl)cc4)c(=O)c23)C1. The third-order valence-electron chi connectivity index (χ3n) is 5.62. The molecule has 0 bridgehead atoms. The molecule has 1 aliphatic heterocycles. The van der Waals surface area contributed by atoms with Crippen LogP contribution in [0.3, 0.4) is 0 Å². The lowest BCUT2D eigenvalue weighted by Crippen LogP contribution is -3.08. The van der Waals surface area contributed by atoms with Gasteiger partial charge in [0.05, 0.1) is 35.3 Å². The van der Waals surface area contributed by atoms with Gasteiger partial charge >= 0.3 is 0 Å². The largest absolute Gasteiger partial charge is 0.333 e. The van der Waals surface area contributed by atoms with Crippen molar-refractivity contribution in [2.45, 2.75) is 18.1 Å². The molecular formula is C24H22ClN4O2S2+. The van der Waals surface area contributed by atoms with Crippen molar-refractivity contribution in [3.8, 4) is 5.69 Å². The number of quaternary nitrogens is 1. The fourth-order valence-corrected chi connectivity index (χ4v) is 6.32. The van der Waals surface area contributed by atoms with Gasteiger partial charge in [-0.15, -0.1) is 11.3 Å². The second kappa shape index (κ2) is 9.30. The van der Waals surface area contributed by atoms with Crippen molar-refractivity contribution in [2.24, 2.45) is 0 Å². The quantitative estimate of drug-likeness (QED) is 0.327. The van der Waals surface area contributed by atoms with Crippen molar-refractivity contribution < 1.29 is 9.69 Å². The van der Waals surface area contributed by atoms with Gasteiger partial charge in [0, 0.05) is 17.1 Å². The van der Waals surface area contributed by atoms with Gasteiger partial charge in [-0.3, -0.25) is 14.2 Å². The molecule has 168 valence electrons. The number of nitrogens with zero attached hydrogens (tertiary/aromatic N) is 2. The summed E-state index contributed by atoms with van der Waals surface area (Å²) in [4.78, 5) is 34.6. The predicted octanol–water partition coefficient (Wildman–Crippen LogP) is 3.40. The molecule has 2 aromatic carbocycles. The van der Waals surface area contributed by atoms with Crippen LogP contribution in [0.2, 0.25) is 5.02 Å². The van der Waals surface area contributed by atoms with Crippen LogP contribution in [0.1, 0.15) is 10.4 Å². The third kappa shape index (κ3) is 4.56. The van der Waals surface area contributed by atoms with E-state index in [9.17, 15) is 9.59 Å².